The van der Waals surface area contributed by atoms with Crippen LogP contribution in [0.1, 0.15) is 16.7 Å². The molecule has 0 bridgehead atoms. The van der Waals surface area contributed by atoms with Crippen molar-refractivity contribution >= 4 is 73.1 Å². The quantitative estimate of drug-likeness (QED) is 0.151. The lowest BCUT2D eigenvalue weighted by Crippen LogP contribution is -2.54. The van der Waals surface area contributed by atoms with Gasteiger partial charge in [0.2, 0.25) is 0 Å². The third kappa shape index (κ3) is 7.05. The molecule has 1 aliphatic rings. The van der Waals surface area contributed by atoms with Gasteiger partial charge in [-0.25, -0.2) is 9.69 Å². The van der Waals surface area contributed by atoms with E-state index in [2.05, 4.69) is 37.2 Å². The molecule has 10 heteroatoms. The Labute approximate surface area is 258 Å². The van der Waals surface area contributed by atoms with Crippen LogP contribution in [-0.2, 0) is 22.8 Å². The van der Waals surface area contributed by atoms with E-state index in [1.54, 1.807) is 54.6 Å². The first-order chi connectivity index (χ1) is 19.8. The van der Waals surface area contributed by atoms with Crippen LogP contribution in [0.4, 0.5) is 10.5 Å². The summed E-state index contributed by atoms with van der Waals surface area (Å²) in [5.41, 5.74) is 2.45. The summed E-state index contributed by atoms with van der Waals surface area (Å²) in [4.78, 5) is 39.8. The Kier molecular flexibility index (Phi) is 8.87. The maximum atomic E-state index is 13.5. The van der Waals surface area contributed by atoms with Crippen LogP contribution in [0, 0.1) is 0 Å². The van der Waals surface area contributed by atoms with Crippen molar-refractivity contribution in [1.82, 2.24) is 5.32 Å². The molecule has 41 heavy (non-hydrogen) atoms. The molecule has 1 heterocycles. The number of hydrogen-bond donors (Lipinski definition) is 1. The minimum absolute atomic E-state index is 0.209. The standard InChI is InChI=1S/C31H21Br2ClN2O5/c32-22-5-1-19(2-6-22)18-41-28-14-7-23(33)15-21(28)16-27-29(37)35-31(39)36(30(27)38)25-10-12-26(13-11-25)40-17-20-3-8-24(34)9-4-20/h1-16H,17-18H2,(H,35,37,39)/b27-16+. The van der Waals surface area contributed by atoms with Gasteiger partial charge in [0.25, 0.3) is 11.8 Å². The van der Waals surface area contributed by atoms with E-state index in [4.69, 9.17) is 21.1 Å². The van der Waals surface area contributed by atoms with Crippen molar-refractivity contribution in [2.45, 2.75) is 13.2 Å². The highest BCUT2D eigenvalue weighted by molar-refractivity contribution is 9.10. The first-order valence-electron chi connectivity index (χ1n) is 12.3. The van der Waals surface area contributed by atoms with Crippen molar-refractivity contribution < 1.29 is 23.9 Å². The molecular weight excluding hydrogens is 676 g/mol. The third-order valence-electron chi connectivity index (χ3n) is 6.09. The van der Waals surface area contributed by atoms with Gasteiger partial charge < -0.3 is 9.47 Å². The highest BCUT2D eigenvalue weighted by atomic mass is 79.9. The van der Waals surface area contributed by atoms with Crippen molar-refractivity contribution in [3.8, 4) is 11.5 Å². The van der Waals surface area contributed by atoms with Crippen molar-refractivity contribution in [1.29, 1.82) is 0 Å². The third-order valence-corrected chi connectivity index (χ3v) is 7.37. The highest BCUT2D eigenvalue weighted by Crippen LogP contribution is 2.29. The van der Waals surface area contributed by atoms with Gasteiger partial charge in [-0.05, 0) is 83.9 Å². The lowest BCUT2D eigenvalue weighted by atomic mass is 10.1. The molecule has 206 valence electrons. The summed E-state index contributed by atoms with van der Waals surface area (Å²) in [6.07, 6.45) is 1.42. The molecule has 0 radical (unpaired) electrons. The monoisotopic (exact) mass is 694 g/mol. The van der Waals surface area contributed by atoms with E-state index in [0.29, 0.717) is 28.7 Å². The van der Waals surface area contributed by atoms with E-state index in [-0.39, 0.29) is 17.9 Å². The van der Waals surface area contributed by atoms with Crippen molar-refractivity contribution in [2.24, 2.45) is 0 Å². The van der Waals surface area contributed by atoms with Gasteiger partial charge in [-0.1, -0.05) is 67.7 Å². The number of halogens is 3. The minimum atomic E-state index is -0.840. The van der Waals surface area contributed by atoms with Crippen molar-refractivity contribution in [3.63, 3.8) is 0 Å². The van der Waals surface area contributed by atoms with E-state index in [1.807, 2.05) is 36.4 Å². The SMILES string of the molecule is O=C1NC(=O)N(c2ccc(OCc3ccc(Cl)cc3)cc2)C(=O)/C1=C/c1cc(Br)ccc1OCc1ccc(Br)cc1. The van der Waals surface area contributed by atoms with Gasteiger partial charge in [-0.3, -0.25) is 14.9 Å². The van der Waals surface area contributed by atoms with E-state index in [9.17, 15) is 14.4 Å². The fourth-order valence-electron chi connectivity index (χ4n) is 3.99. The number of amides is 4. The Morgan fingerprint density at radius 1 is 0.756 bits per heavy atom. The van der Waals surface area contributed by atoms with Gasteiger partial charge in [-0.2, -0.15) is 0 Å². The second-order valence-corrected chi connectivity index (χ2v) is 11.2. The van der Waals surface area contributed by atoms with Crippen LogP contribution in [0.15, 0.2) is 106 Å². The second kappa shape index (κ2) is 12.7. The molecular formula is C31H21Br2ClN2O5. The molecule has 1 fully saturated rings. The van der Waals surface area contributed by atoms with Crippen molar-refractivity contribution in [3.05, 3.63) is 127 Å². The Hall–Kier alpha value is -3.92. The second-order valence-electron chi connectivity index (χ2n) is 8.96. The van der Waals surface area contributed by atoms with Gasteiger partial charge in [0.15, 0.2) is 0 Å². The van der Waals surface area contributed by atoms with Crippen molar-refractivity contribution in [2.75, 3.05) is 4.90 Å². The summed E-state index contributed by atoms with van der Waals surface area (Å²) in [6, 6.07) is 25.9. The smallest absolute Gasteiger partial charge is 0.335 e. The number of rotatable bonds is 8. The Morgan fingerprint density at radius 2 is 1.37 bits per heavy atom. The maximum Gasteiger partial charge on any atom is 0.335 e. The van der Waals surface area contributed by atoms with Gasteiger partial charge in [0.1, 0.15) is 30.3 Å². The molecule has 1 aliphatic heterocycles. The lowest BCUT2D eigenvalue weighted by molar-refractivity contribution is -0.122. The van der Waals surface area contributed by atoms with E-state index >= 15 is 0 Å². The topological polar surface area (TPSA) is 84.9 Å². The van der Waals surface area contributed by atoms with E-state index in [1.165, 1.54) is 6.08 Å². The van der Waals surface area contributed by atoms with Gasteiger partial charge in [0, 0.05) is 19.5 Å². The number of carbonyl (C=O) groups excluding carboxylic acids is 3. The summed E-state index contributed by atoms with van der Waals surface area (Å²) in [7, 11) is 0. The first-order valence-corrected chi connectivity index (χ1v) is 14.3. The molecule has 0 aliphatic carbocycles. The fraction of sp³-hybridized carbons (Fsp3) is 0.0645. The zero-order chi connectivity index (χ0) is 28.9. The predicted molar refractivity (Wildman–Crippen MR) is 164 cm³/mol. The van der Waals surface area contributed by atoms with Gasteiger partial charge >= 0.3 is 6.03 Å². The highest BCUT2D eigenvalue weighted by Gasteiger charge is 2.37. The molecule has 0 spiro atoms. The van der Waals surface area contributed by atoms with E-state index < -0.39 is 17.8 Å². The number of carbonyl (C=O) groups is 3. The average molecular weight is 697 g/mol. The molecule has 1 N–H and O–H groups in total. The van der Waals surface area contributed by atoms with Crippen LogP contribution in [-0.4, -0.2) is 17.8 Å². The lowest BCUT2D eigenvalue weighted by Gasteiger charge is -2.26. The number of benzene rings is 4. The van der Waals surface area contributed by atoms with Crippen LogP contribution < -0.4 is 19.7 Å². The maximum absolute atomic E-state index is 13.5. The summed E-state index contributed by atoms with van der Waals surface area (Å²) >= 11 is 12.8. The molecule has 0 saturated carbocycles. The molecule has 0 atom stereocenters. The van der Waals surface area contributed by atoms with Crippen LogP contribution in [0.25, 0.3) is 6.08 Å². The number of nitrogens with zero attached hydrogens (tertiary/aromatic N) is 1. The predicted octanol–water partition coefficient (Wildman–Crippen LogP) is 7.69. The number of imide groups is 2. The zero-order valence-electron chi connectivity index (χ0n) is 21.3. The number of ether oxygens (including phenoxy) is 2. The first kappa shape index (κ1) is 28.6. The molecule has 5 rings (SSSR count). The molecule has 4 amide bonds. The minimum Gasteiger partial charge on any atom is -0.489 e. The Morgan fingerprint density at radius 3 is 2.05 bits per heavy atom. The average Bonchev–Trinajstić information content (AvgIpc) is 2.96. The largest absolute Gasteiger partial charge is 0.489 e. The Balaban J connectivity index is 1.35. The zero-order valence-corrected chi connectivity index (χ0v) is 25.2. The summed E-state index contributed by atoms with van der Waals surface area (Å²) in [6.45, 7) is 0.599. The molecule has 7 nitrogen and oxygen atoms in total. The number of nitrogens with one attached hydrogen (secondary N) is 1. The van der Waals surface area contributed by atoms with Gasteiger partial charge in [-0.15, -0.1) is 0 Å². The summed E-state index contributed by atoms with van der Waals surface area (Å²) in [5.74, 6) is -0.539. The molecule has 1 saturated heterocycles. The molecule has 4 aromatic rings. The van der Waals surface area contributed by atoms with Crippen LogP contribution in [0.2, 0.25) is 5.02 Å². The van der Waals surface area contributed by atoms with Crippen LogP contribution >= 0.6 is 43.5 Å². The molecule has 0 aromatic heterocycles. The van der Waals surface area contributed by atoms with Crippen LogP contribution in [0.5, 0.6) is 11.5 Å². The molecule has 0 unspecified atom stereocenters. The molecule has 4 aromatic carbocycles. The number of urea groups is 1. The number of anilines is 1. The fourth-order valence-corrected chi connectivity index (χ4v) is 4.76. The summed E-state index contributed by atoms with van der Waals surface area (Å²) < 4.78 is 13.5. The summed E-state index contributed by atoms with van der Waals surface area (Å²) in [5, 5.41) is 2.89. The van der Waals surface area contributed by atoms with Crippen LogP contribution in [0.3, 0.4) is 0 Å². The van der Waals surface area contributed by atoms with Gasteiger partial charge in [0.05, 0.1) is 5.69 Å². The number of hydrogen-bond acceptors (Lipinski definition) is 5. The Bertz CT molecular complexity index is 1640. The normalized spacial score (nSPS) is 14.3. The van der Waals surface area contributed by atoms with E-state index in [0.717, 1.165) is 25.0 Å². The number of barbiturate groups is 1.